The van der Waals surface area contributed by atoms with Crippen molar-refractivity contribution in [2.75, 3.05) is 0 Å². The second kappa shape index (κ2) is 5.66. The van der Waals surface area contributed by atoms with Gasteiger partial charge in [0.1, 0.15) is 11.5 Å². The van der Waals surface area contributed by atoms with Crippen LogP contribution in [0, 0.1) is 6.92 Å². The highest BCUT2D eigenvalue weighted by molar-refractivity contribution is 5.98. The molecule has 3 aromatic rings. The molecule has 1 amide bonds. The van der Waals surface area contributed by atoms with Crippen molar-refractivity contribution in [3.8, 4) is 0 Å². The fraction of sp³-hybridized carbons (Fsp3) is 0.267. The van der Waals surface area contributed by atoms with E-state index in [9.17, 15) is 18.0 Å². The van der Waals surface area contributed by atoms with E-state index in [0.717, 1.165) is 12.1 Å². The van der Waals surface area contributed by atoms with Gasteiger partial charge in [-0.3, -0.25) is 9.89 Å². The predicted molar refractivity (Wildman–Crippen MR) is 80.2 cm³/mol. The van der Waals surface area contributed by atoms with Crippen LogP contribution in [0.3, 0.4) is 0 Å². The molecule has 0 radical (unpaired) electrons. The minimum atomic E-state index is -4.42. The molecule has 1 aromatic carbocycles. The van der Waals surface area contributed by atoms with Gasteiger partial charge in [-0.1, -0.05) is 0 Å². The molecule has 2 aromatic heterocycles. The van der Waals surface area contributed by atoms with Crippen molar-refractivity contribution in [1.82, 2.24) is 25.1 Å². The van der Waals surface area contributed by atoms with Gasteiger partial charge in [0.15, 0.2) is 5.82 Å². The number of hydrogen-bond acceptors (Lipinski definition) is 3. The van der Waals surface area contributed by atoms with Gasteiger partial charge in [0.05, 0.1) is 12.1 Å². The fourth-order valence-corrected chi connectivity index (χ4v) is 2.46. The first-order valence-electron chi connectivity index (χ1n) is 7.08. The summed E-state index contributed by atoms with van der Waals surface area (Å²) in [5, 5.41) is 9.56. The Morgan fingerprint density at radius 1 is 1.33 bits per heavy atom. The number of benzene rings is 1. The molecule has 2 N–H and O–H groups in total. The molecular weight excluding hydrogens is 323 g/mol. The molecular formula is C15H14F3N5O. The van der Waals surface area contributed by atoms with Crippen LogP contribution in [0.25, 0.3) is 10.9 Å². The van der Waals surface area contributed by atoms with Crippen molar-refractivity contribution < 1.29 is 18.0 Å². The molecule has 0 saturated heterocycles. The quantitative estimate of drug-likeness (QED) is 0.771. The first-order chi connectivity index (χ1) is 11.3. The van der Waals surface area contributed by atoms with Gasteiger partial charge >= 0.3 is 6.18 Å². The zero-order chi connectivity index (χ0) is 17.5. The Balaban J connectivity index is 1.86. The lowest BCUT2D eigenvalue weighted by Crippen LogP contribution is -2.25. The normalized spacial score (nSPS) is 11.9. The molecule has 6 nitrogen and oxygen atoms in total. The van der Waals surface area contributed by atoms with E-state index in [1.807, 2.05) is 0 Å². The van der Waals surface area contributed by atoms with Crippen molar-refractivity contribution in [2.45, 2.75) is 19.6 Å². The molecule has 0 aliphatic rings. The van der Waals surface area contributed by atoms with Gasteiger partial charge in [-0.25, -0.2) is 4.98 Å². The van der Waals surface area contributed by atoms with Gasteiger partial charge < -0.3 is 9.88 Å². The van der Waals surface area contributed by atoms with E-state index in [1.54, 1.807) is 18.5 Å². The third kappa shape index (κ3) is 2.97. The first kappa shape index (κ1) is 16.0. The topological polar surface area (TPSA) is 75.6 Å². The number of halogens is 3. The van der Waals surface area contributed by atoms with Crippen molar-refractivity contribution in [2.24, 2.45) is 7.05 Å². The molecule has 2 heterocycles. The monoisotopic (exact) mass is 337 g/mol. The Labute approximate surface area is 134 Å². The largest absolute Gasteiger partial charge is 0.416 e. The van der Waals surface area contributed by atoms with Gasteiger partial charge in [-0.2, -0.15) is 18.3 Å². The van der Waals surface area contributed by atoms with Crippen LogP contribution in [-0.4, -0.2) is 25.7 Å². The highest BCUT2D eigenvalue weighted by atomic mass is 19.4. The van der Waals surface area contributed by atoms with Crippen LogP contribution in [0.4, 0.5) is 13.2 Å². The van der Waals surface area contributed by atoms with Crippen LogP contribution in [-0.2, 0) is 19.8 Å². The number of hydrogen-bond donors (Lipinski definition) is 2. The van der Waals surface area contributed by atoms with Gasteiger partial charge in [-0.05, 0) is 31.2 Å². The van der Waals surface area contributed by atoms with E-state index in [1.165, 1.54) is 12.1 Å². The van der Waals surface area contributed by atoms with Crippen LogP contribution in [0.1, 0.15) is 27.7 Å². The molecule has 0 fully saturated rings. The Morgan fingerprint density at radius 3 is 2.71 bits per heavy atom. The number of amides is 1. The predicted octanol–water partition coefficient (Wildman–Crippen LogP) is 2.55. The van der Waals surface area contributed by atoms with Crippen molar-refractivity contribution in [1.29, 1.82) is 0 Å². The minimum Gasteiger partial charge on any atom is -0.343 e. The smallest absolute Gasteiger partial charge is 0.343 e. The molecule has 0 aliphatic heterocycles. The summed E-state index contributed by atoms with van der Waals surface area (Å²) < 4.78 is 39.9. The zero-order valence-corrected chi connectivity index (χ0v) is 12.9. The van der Waals surface area contributed by atoms with Gasteiger partial charge in [0.25, 0.3) is 5.91 Å². The number of aryl methyl sites for hydroxylation is 2. The van der Waals surface area contributed by atoms with E-state index >= 15 is 0 Å². The van der Waals surface area contributed by atoms with Gasteiger partial charge in [-0.15, -0.1) is 0 Å². The zero-order valence-electron chi connectivity index (χ0n) is 12.9. The number of H-pyrrole nitrogens is 1. The minimum absolute atomic E-state index is 0.124. The average Bonchev–Trinajstić information content (AvgIpc) is 3.07. The van der Waals surface area contributed by atoms with Crippen LogP contribution >= 0.6 is 0 Å². The highest BCUT2D eigenvalue weighted by Gasteiger charge is 2.30. The van der Waals surface area contributed by atoms with Crippen LogP contribution < -0.4 is 5.32 Å². The van der Waals surface area contributed by atoms with E-state index < -0.39 is 17.6 Å². The maximum Gasteiger partial charge on any atom is 0.416 e. The molecule has 0 aliphatic carbocycles. The Morgan fingerprint density at radius 2 is 2.08 bits per heavy atom. The molecule has 9 heteroatoms. The number of fused-ring (bicyclic) bond motifs is 1. The third-order valence-corrected chi connectivity index (χ3v) is 3.65. The van der Waals surface area contributed by atoms with Crippen LogP contribution in [0.2, 0.25) is 0 Å². The molecule has 24 heavy (non-hydrogen) atoms. The summed E-state index contributed by atoms with van der Waals surface area (Å²) in [5.41, 5.74) is 0.0576. The summed E-state index contributed by atoms with van der Waals surface area (Å²) in [5.74, 6) is 0.646. The average molecular weight is 337 g/mol. The number of nitrogens with one attached hydrogen (secondary N) is 2. The Kier molecular flexibility index (Phi) is 3.78. The summed E-state index contributed by atoms with van der Waals surface area (Å²) in [4.78, 5) is 16.3. The molecule has 3 rings (SSSR count). The third-order valence-electron chi connectivity index (χ3n) is 3.65. The number of rotatable bonds is 3. The molecule has 0 spiro atoms. The second-order valence-electron chi connectivity index (χ2n) is 5.38. The molecule has 0 unspecified atom stereocenters. The Hall–Kier alpha value is -2.84. The fourth-order valence-electron chi connectivity index (χ4n) is 2.46. The SMILES string of the molecule is Cc1nc(CNC(=O)c2cc3cc(C(F)(F)F)ccc3n2C)n[nH]1. The van der Waals surface area contributed by atoms with Crippen LogP contribution in [0.5, 0.6) is 0 Å². The molecule has 0 atom stereocenters. The van der Waals surface area contributed by atoms with E-state index in [0.29, 0.717) is 22.6 Å². The van der Waals surface area contributed by atoms with Gasteiger partial charge in [0, 0.05) is 18.0 Å². The summed E-state index contributed by atoms with van der Waals surface area (Å²) >= 11 is 0. The number of alkyl halides is 3. The summed E-state index contributed by atoms with van der Waals surface area (Å²) in [6, 6.07) is 4.82. The van der Waals surface area contributed by atoms with Crippen LogP contribution in [0.15, 0.2) is 24.3 Å². The summed E-state index contributed by atoms with van der Waals surface area (Å²) in [6.45, 7) is 1.86. The van der Waals surface area contributed by atoms with Crippen molar-refractivity contribution >= 4 is 16.8 Å². The van der Waals surface area contributed by atoms with Gasteiger partial charge in [0.2, 0.25) is 0 Å². The summed E-state index contributed by atoms with van der Waals surface area (Å²) in [6.07, 6.45) is -4.42. The number of carbonyl (C=O) groups excluding carboxylic acids is 1. The lowest BCUT2D eigenvalue weighted by molar-refractivity contribution is -0.137. The van der Waals surface area contributed by atoms with E-state index in [2.05, 4.69) is 20.5 Å². The van der Waals surface area contributed by atoms with Crippen molar-refractivity contribution in [3.63, 3.8) is 0 Å². The molecule has 0 bridgehead atoms. The second-order valence-corrected chi connectivity index (χ2v) is 5.38. The van der Waals surface area contributed by atoms with Crippen molar-refractivity contribution in [3.05, 3.63) is 47.2 Å². The number of nitrogens with zero attached hydrogens (tertiary/aromatic N) is 3. The standard InChI is InChI=1S/C15H14F3N5O/c1-8-20-13(22-21-8)7-19-14(24)12-6-9-5-10(15(16,17)18)3-4-11(9)23(12)2/h3-6H,7H2,1-2H3,(H,19,24)(H,20,21,22). The molecule has 0 saturated carbocycles. The highest BCUT2D eigenvalue weighted by Crippen LogP contribution is 2.32. The summed E-state index contributed by atoms with van der Waals surface area (Å²) in [7, 11) is 1.63. The number of aromatic amines is 1. The lowest BCUT2D eigenvalue weighted by atomic mass is 10.1. The van der Waals surface area contributed by atoms with E-state index in [-0.39, 0.29) is 12.2 Å². The Bertz CT molecular complexity index is 910. The first-order valence-corrected chi connectivity index (χ1v) is 7.08. The van der Waals surface area contributed by atoms with E-state index in [4.69, 9.17) is 0 Å². The lowest BCUT2D eigenvalue weighted by Gasteiger charge is -2.07. The maximum atomic E-state index is 12.8. The number of carbonyl (C=O) groups is 1. The molecule has 126 valence electrons. The maximum absolute atomic E-state index is 12.8. The number of aromatic nitrogens is 4.